The zero-order valence-corrected chi connectivity index (χ0v) is 13.7. The number of fused-ring (bicyclic) bond motifs is 1. The summed E-state index contributed by atoms with van der Waals surface area (Å²) in [6, 6.07) is 9.39. The normalized spacial score (nSPS) is 11.1. The second-order valence-electron chi connectivity index (χ2n) is 4.65. The Balaban J connectivity index is 2.16. The first-order valence-electron chi connectivity index (χ1n) is 6.55. The number of thiophene rings is 1. The Hall–Kier alpha value is -1.66. The van der Waals surface area contributed by atoms with Crippen LogP contribution in [0, 0.1) is 0 Å². The summed E-state index contributed by atoms with van der Waals surface area (Å²) in [7, 11) is 0. The zero-order chi connectivity index (χ0) is 15.0. The van der Waals surface area contributed by atoms with Crippen molar-refractivity contribution < 1.29 is 9.90 Å². The molecule has 2 aromatic heterocycles. The minimum atomic E-state index is -0.938. The van der Waals surface area contributed by atoms with Crippen LogP contribution in [0.2, 0.25) is 0 Å². The van der Waals surface area contributed by atoms with Crippen LogP contribution in [0.4, 0.5) is 0 Å². The van der Waals surface area contributed by atoms with E-state index in [1.165, 1.54) is 4.88 Å². The highest BCUT2D eigenvalue weighted by molar-refractivity contribution is 9.11. The number of aromatic nitrogens is 2. The minimum absolute atomic E-state index is 0.258. The van der Waals surface area contributed by atoms with Crippen molar-refractivity contribution in [2.75, 3.05) is 0 Å². The summed E-state index contributed by atoms with van der Waals surface area (Å²) in [5.41, 5.74) is 1.70. The number of aromatic carboxylic acids is 1. The molecule has 0 unspecified atom stereocenters. The van der Waals surface area contributed by atoms with Crippen LogP contribution in [-0.4, -0.2) is 20.6 Å². The molecule has 1 N–H and O–H groups in total. The third-order valence-corrected chi connectivity index (χ3v) is 4.96. The lowest BCUT2D eigenvalue weighted by Gasteiger charge is -2.06. The van der Waals surface area contributed by atoms with Gasteiger partial charge in [-0.3, -0.25) is 0 Å². The van der Waals surface area contributed by atoms with Crippen molar-refractivity contribution in [2.24, 2.45) is 0 Å². The van der Waals surface area contributed by atoms with E-state index in [9.17, 15) is 9.90 Å². The first-order valence-corrected chi connectivity index (χ1v) is 8.16. The molecule has 3 aromatic rings. The van der Waals surface area contributed by atoms with Gasteiger partial charge in [-0.1, -0.05) is 13.0 Å². The molecule has 0 saturated heterocycles. The summed E-state index contributed by atoms with van der Waals surface area (Å²) in [6.07, 6.45) is 0.764. The maximum atomic E-state index is 11.3. The summed E-state index contributed by atoms with van der Waals surface area (Å²) >= 11 is 5.14. The minimum Gasteiger partial charge on any atom is -0.478 e. The maximum absolute atomic E-state index is 11.3. The number of halogens is 1. The first-order chi connectivity index (χ1) is 10.1. The molecule has 0 aliphatic heterocycles. The quantitative estimate of drug-likeness (QED) is 0.755. The van der Waals surface area contributed by atoms with E-state index in [0.717, 1.165) is 21.5 Å². The van der Waals surface area contributed by atoms with E-state index < -0.39 is 5.97 Å². The highest BCUT2D eigenvalue weighted by Crippen LogP contribution is 2.26. The molecule has 0 atom stereocenters. The van der Waals surface area contributed by atoms with Crippen LogP contribution in [0.1, 0.15) is 28.0 Å². The fourth-order valence-electron chi connectivity index (χ4n) is 2.41. The molecule has 0 aliphatic rings. The lowest BCUT2D eigenvalue weighted by Crippen LogP contribution is -2.03. The molecule has 2 heterocycles. The molecular weight excluding hydrogens is 352 g/mol. The summed E-state index contributed by atoms with van der Waals surface area (Å²) in [4.78, 5) is 17.1. The van der Waals surface area contributed by atoms with Gasteiger partial charge in [0.15, 0.2) is 0 Å². The molecule has 0 spiro atoms. The number of para-hydroxylation sites is 1. The average Bonchev–Trinajstić information content (AvgIpc) is 3.03. The molecule has 0 aliphatic carbocycles. The number of hydrogen-bond acceptors (Lipinski definition) is 3. The van der Waals surface area contributed by atoms with Crippen LogP contribution in [0.15, 0.2) is 34.1 Å². The number of nitrogens with zero attached hydrogens (tertiary/aromatic N) is 2. The lowest BCUT2D eigenvalue weighted by atomic mass is 10.2. The molecule has 0 radical (unpaired) electrons. The van der Waals surface area contributed by atoms with Gasteiger partial charge >= 0.3 is 5.97 Å². The van der Waals surface area contributed by atoms with Crippen LogP contribution < -0.4 is 0 Å². The van der Waals surface area contributed by atoms with Gasteiger partial charge in [0.05, 0.1) is 21.4 Å². The van der Waals surface area contributed by atoms with E-state index in [1.54, 1.807) is 23.5 Å². The van der Waals surface area contributed by atoms with E-state index in [-0.39, 0.29) is 5.56 Å². The summed E-state index contributed by atoms with van der Waals surface area (Å²) < 4.78 is 3.19. The van der Waals surface area contributed by atoms with Gasteiger partial charge in [0.1, 0.15) is 11.3 Å². The molecule has 1 aromatic carbocycles. The second kappa shape index (κ2) is 5.61. The Morgan fingerprint density at radius 2 is 2.19 bits per heavy atom. The maximum Gasteiger partial charge on any atom is 0.337 e. The van der Waals surface area contributed by atoms with Gasteiger partial charge in [0, 0.05) is 11.3 Å². The van der Waals surface area contributed by atoms with Crippen LogP contribution in [0.25, 0.3) is 11.0 Å². The van der Waals surface area contributed by atoms with E-state index in [1.807, 2.05) is 19.1 Å². The molecular formula is C15H13BrN2O2S. The third kappa shape index (κ3) is 2.61. The molecule has 108 valence electrons. The van der Waals surface area contributed by atoms with Gasteiger partial charge < -0.3 is 9.67 Å². The van der Waals surface area contributed by atoms with E-state index >= 15 is 0 Å². The van der Waals surface area contributed by atoms with Crippen molar-refractivity contribution in [3.8, 4) is 0 Å². The third-order valence-electron chi connectivity index (χ3n) is 3.35. The molecule has 3 rings (SSSR count). The molecule has 4 nitrogen and oxygen atoms in total. The number of rotatable bonds is 4. The Labute approximate surface area is 134 Å². The largest absolute Gasteiger partial charge is 0.478 e. The van der Waals surface area contributed by atoms with Crippen molar-refractivity contribution >= 4 is 44.3 Å². The van der Waals surface area contributed by atoms with Crippen molar-refractivity contribution in [1.82, 2.24) is 9.55 Å². The van der Waals surface area contributed by atoms with Gasteiger partial charge in [0.2, 0.25) is 0 Å². The van der Waals surface area contributed by atoms with Gasteiger partial charge in [-0.15, -0.1) is 11.3 Å². The van der Waals surface area contributed by atoms with Crippen LogP contribution in [0.5, 0.6) is 0 Å². The monoisotopic (exact) mass is 364 g/mol. The number of carboxylic acids is 1. The Kier molecular flexibility index (Phi) is 3.82. The average molecular weight is 365 g/mol. The van der Waals surface area contributed by atoms with E-state index in [4.69, 9.17) is 0 Å². The SMILES string of the molecule is CCc1nc2c(C(=O)O)cccc2n1Cc1ccc(Br)s1. The molecule has 0 bridgehead atoms. The van der Waals surface area contributed by atoms with Gasteiger partial charge in [-0.2, -0.15) is 0 Å². The molecule has 0 fully saturated rings. The number of imidazole rings is 1. The van der Waals surface area contributed by atoms with Crippen LogP contribution in [0.3, 0.4) is 0 Å². The number of carbonyl (C=O) groups is 1. The van der Waals surface area contributed by atoms with E-state index in [2.05, 4.69) is 31.5 Å². The van der Waals surface area contributed by atoms with Gasteiger partial charge in [-0.25, -0.2) is 9.78 Å². The number of hydrogen-bond donors (Lipinski definition) is 1. The second-order valence-corrected chi connectivity index (χ2v) is 7.20. The molecule has 6 heteroatoms. The number of benzene rings is 1. The highest BCUT2D eigenvalue weighted by atomic mass is 79.9. The Morgan fingerprint density at radius 1 is 1.38 bits per heavy atom. The number of aryl methyl sites for hydroxylation is 1. The van der Waals surface area contributed by atoms with Crippen LogP contribution >= 0.6 is 27.3 Å². The van der Waals surface area contributed by atoms with E-state index in [0.29, 0.717) is 12.1 Å². The van der Waals surface area contributed by atoms with Crippen LogP contribution in [-0.2, 0) is 13.0 Å². The fourth-order valence-corrected chi connectivity index (χ4v) is 3.88. The molecule has 21 heavy (non-hydrogen) atoms. The lowest BCUT2D eigenvalue weighted by molar-refractivity contribution is 0.0699. The Bertz CT molecular complexity index is 822. The zero-order valence-electron chi connectivity index (χ0n) is 11.3. The van der Waals surface area contributed by atoms with Crippen molar-refractivity contribution in [3.63, 3.8) is 0 Å². The first kappa shape index (κ1) is 14.3. The molecule has 0 amide bonds. The fraction of sp³-hybridized carbons (Fsp3) is 0.200. The van der Waals surface area contributed by atoms with Gasteiger partial charge in [-0.05, 0) is 40.2 Å². The van der Waals surface area contributed by atoms with Crippen molar-refractivity contribution in [1.29, 1.82) is 0 Å². The predicted octanol–water partition coefficient (Wildman–Crippen LogP) is 4.17. The summed E-state index contributed by atoms with van der Waals surface area (Å²) in [6.45, 7) is 2.74. The smallest absolute Gasteiger partial charge is 0.337 e. The molecule has 0 saturated carbocycles. The van der Waals surface area contributed by atoms with Crippen molar-refractivity contribution in [2.45, 2.75) is 19.9 Å². The Morgan fingerprint density at radius 3 is 2.81 bits per heavy atom. The standard InChI is InChI=1S/C15H13BrN2O2S/c1-2-13-17-14-10(15(19)20)4-3-5-11(14)18(13)8-9-6-7-12(16)21-9/h3-7H,2,8H2,1H3,(H,19,20). The number of carboxylic acid groups (broad SMARTS) is 1. The predicted molar refractivity (Wildman–Crippen MR) is 87.2 cm³/mol. The summed E-state index contributed by atoms with van der Waals surface area (Å²) in [5.74, 6) is -0.0324. The summed E-state index contributed by atoms with van der Waals surface area (Å²) in [5, 5.41) is 9.30. The van der Waals surface area contributed by atoms with Gasteiger partial charge in [0.25, 0.3) is 0 Å². The topological polar surface area (TPSA) is 55.1 Å². The van der Waals surface area contributed by atoms with Crippen molar-refractivity contribution in [3.05, 3.63) is 50.4 Å². The highest BCUT2D eigenvalue weighted by Gasteiger charge is 2.16.